The lowest BCUT2D eigenvalue weighted by atomic mass is 9.99. The molecule has 2 heterocycles. The summed E-state index contributed by atoms with van der Waals surface area (Å²) in [6.45, 7) is 1.07. The van der Waals surface area contributed by atoms with E-state index in [0.29, 0.717) is 0 Å². The van der Waals surface area contributed by atoms with Crippen LogP contribution >= 0.6 is 23.1 Å². The van der Waals surface area contributed by atoms with Gasteiger partial charge in [-0.1, -0.05) is 0 Å². The maximum absolute atomic E-state index is 4.36. The van der Waals surface area contributed by atoms with Gasteiger partial charge in [-0.05, 0) is 43.1 Å². The van der Waals surface area contributed by atoms with Crippen LogP contribution in [0.15, 0.2) is 0 Å². The second kappa shape index (κ2) is 6.35. The first kappa shape index (κ1) is 12.9. The summed E-state index contributed by atoms with van der Waals surface area (Å²) in [4.78, 5) is 0. The van der Waals surface area contributed by atoms with Crippen molar-refractivity contribution in [3.8, 4) is 0 Å². The van der Waals surface area contributed by atoms with Crippen LogP contribution in [0.5, 0.6) is 0 Å². The summed E-state index contributed by atoms with van der Waals surface area (Å²) >= 11 is 3.92. The molecule has 1 aromatic heterocycles. The van der Waals surface area contributed by atoms with E-state index in [1.165, 1.54) is 47.2 Å². The van der Waals surface area contributed by atoms with Crippen molar-refractivity contribution in [2.45, 2.75) is 44.6 Å². The molecule has 100 valence electrons. The van der Waals surface area contributed by atoms with E-state index in [4.69, 9.17) is 0 Å². The van der Waals surface area contributed by atoms with Gasteiger partial charge in [0.15, 0.2) is 0 Å². The van der Waals surface area contributed by atoms with E-state index in [1.54, 1.807) is 0 Å². The van der Waals surface area contributed by atoms with Gasteiger partial charge < -0.3 is 5.32 Å². The molecule has 3 nitrogen and oxygen atoms in total. The number of rotatable bonds is 6. The van der Waals surface area contributed by atoms with Crippen molar-refractivity contribution in [2.24, 2.45) is 5.92 Å². The molecule has 18 heavy (non-hydrogen) atoms. The molecule has 0 spiro atoms. The van der Waals surface area contributed by atoms with Crippen LogP contribution in [0.2, 0.25) is 0 Å². The molecule has 1 aromatic rings. The van der Waals surface area contributed by atoms with Crippen molar-refractivity contribution in [3.63, 3.8) is 0 Å². The van der Waals surface area contributed by atoms with Crippen LogP contribution in [0.3, 0.4) is 0 Å². The second-order valence-electron chi connectivity index (χ2n) is 5.33. The largest absolute Gasteiger partial charge is 0.314 e. The van der Waals surface area contributed by atoms with Crippen molar-refractivity contribution in [2.75, 3.05) is 18.1 Å². The number of nitrogens with one attached hydrogen (secondary N) is 1. The van der Waals surface area contributed by atoms with Crippen LogP contribution in [0.4, 0.5) is 0 Å². The third-order valence-corrected chi connectivity index (χ3v) is 5.72. The van der Waals surface area contributed by atoms with Crippen molar-refractivity contribution in [3.05, 3.63) is 10.0 Å². The molecule has 2 aliphatic rings. The average molecular weight is 283 g/mol. The van der Waals surface area contributed by atoms with E-state index in [-0.39, 0.29) is 0 Å². The highest BCUT2D eigenvalue weighted by atomic mass is 32.2. The Kier molecular flexibility index (Phi) is 4.54. The van der Waals surface area contributed by atoms with Gasteiger partial charge in [-0.3, -0.25) is 0 Å². The zero-order valence-electron chi connectivity index (χ0n) is 10.7. The van der Waals surface area contributed by atoms with Crippen molar-refractivity contribution in [1.29, 1.82) is 0 Å². The Bertz CT molecular complexity index is 370. The van der Waals surface area contributed by atoms with Gasteiger partial charge in [0.25, 0.3) is 0 Å². The Hall–Kier alpha value is -0.130. The minimum atomic E-state index is 0.803. The monoisotopic (exact) mass is 283 g/mol. The SMILES string of the molecule is C(Cc1nnc(CC2CCSCC2)s1)NC1CC1. The Morgan fingerprint density at radius 3 is 2.61 bits per heavy atom. The quantitative estimate of drug-likeness (QED) is 0.870. The zero-order valence-corrected chi connectivity index (χ0v) is 12.4. The summed E-state index contributed by atoms with van der Waals surface area (Å²) in [6.07, 6.45) is 7.66. The van der Waals surface area contributed by atoms with Gasteiger partial charge in [0.05, 0.1) is 0 Å². The molecule has 0 bridgehead atoms. The lowest BCUT2D eigenvalue weighted by Crippen LogP contribution is -2.19. The number of hydrogen-bond acceptors (Lipinski definition) is 5. The van der Waals surface area contributed by atoms with Crippen LogP contribution in [0.1, 0.15) is 35.7 Å². The van der Waals surface area contributed by atoms with E-state index < -0.39 is 0 Å². The van der Waals surface area contributed by atoms with Gasteiger partial charge in [0.2, 0.25) is 0 Å². The Labute approximate surface area is 117 Å². The first-order chi connectivity index (χ1) is 8.90. The van der Waals surface area contributed by atoms with Gasteiger partial charge in [-0.2, -0.15) is 11.8 Å². The van der Waals surface area contributed by atoms with Crippen molar-refractivity contribution < 1.29 is 0 Å². The lowest BCUT2D eigenvalue weighted by Gasteiger charge is -2.19. The standard InChI is InChI=1S/C13H21N3S2/c1-2-11(1)14-6-3-12-15-16-13(18-12)9-10-4-7-17-8-5-10/h10-11,14H,1-9H2. The smallest absolute Gasteiger partial charge is 0.118 e. The molecule has 0 amide bonds. The van der Waals surface area contributed by atoms with Gasteiger partial charge in [-0.25, -0.2) is 0 Å². The number of nitrogens with zero attached hydrogens (tertiary/aromatic N) is 2. The molecule has 1 saturated carbocycles. The normalized spacial score (nSPS) is 21.3. The van der Waals surface area contributed by atoms with Crippen molar-refractivity contribution >= 4 is 23.1 Å². The van der Waals surface area contributed by atoms with Crippen LogP contribution in [-0.2, 0) is 12.8 Å². The molecule has 5 heteroatoms. The molecule has 1 aliphatic heterocycles. The van der Waals surface area contributed by atoms with E-state index in [1.807, 2.05) is 11.3 Å². The average Bonchev–Trinajstić information content (AvgIpc) is 3.11. The first-order valence-corrected chi connectivity index (χ1v) is 8.99. The topological polar surface area (TPSA) is 37.8 Å². The Morgan fingerprint density at radius 2 is 1.83 bits per heavy atom. The molecule has 0 radical (unpaired) electrons. The van der Waals surface area contributed by atoms with Crippen LogP contribution in [0.25, 0.3) is 0 Å². The predicted octanol–water partition coefficient (Wildman–Crippen LogP) is 2.52. The molecule has 2 fully saturated rings. The van der Waals surface area contributed by atoms with Gasteiger partial charge in [0.1, 0.15) is 10.0 Å². The highest BCUT2D eigenvalue weighted by Gasteiger charge is 2.20. The first-order valence-electron chi connectivity index (χ1n) is 7.02. The van der Waals surface area contributed by atoms with E-state index in [0.717, 1.165) is 31.3 Å². The Balaban J connectivity index is 1.42. The van der Waals surface area contributed by atoms with Crippen molar-refractivity contribution in [1.82, 2.24) is 15.5 Å². The van der Waals surface area contributed by atoms with E-state index in [9.17, 15) is 0 Å². The van der Waals surface area contributed by atoms with Crippen LogP contribution in [0, 0.1) is 5.92 Å². The van der Waals surface area contributed by atoms with E-state index in [2.05, 4.69) is 27.3 Å². The second-order valence-corrected chi connectivity index (χ2v) is 7.70. The van der Waals surface area contributed by atoms with Crippen LogP contribution in [-0.4, -0.2) is 34.3 Å². The number of hydrogen-bond donors (Lipinski definition) is 1. The highest BCUT2D eigenvalue weighted by Crippen LogP contribution is 2.27. The molecular formula is C13H21N3S2. The maximum atomic E-state index is 4.36. The fourth-order valence-corrected chi connectivity index (χ4v) is 4.50. The summed E-state index contributed by atoms with van der Waals surface area (Å²) in [7, 11) is 0. The number of thioether (sulfide) groups is 1. The summed E-state index contributed by atoms with van der Waals surface area (Å²) in [5.41, 5.74) is 0. The Morgan fingerprint density at radius 1 is 1.06 bits per heavy atom. The number of aromatic nitrogens is 2. The third kappa shape index (κ3) is 3.93. The molecule has 0 aromatic carbocycles. The summed E-state index contributed by atoms with van der Waals surface area (Å²) in [6, 6.07) is 0.803. The summed E-state index contributed by atoms with van der Waals surface area (Å²) in [5.74, 6) is 3.53. The lowest BCUT2D eigenvalue weighted by molar-refractivity contribution is 0.485. The molecule has 3 rings (SSSR count). The third-order valence-electron chi connectivity index (χ3n) is 3.66. The minimum absolute atomic E-state index is 0.803. The molecule has 1 saturated heterocycles. The molecule has 1 aliphatic carbocycles. The fourth-order valence-electron chi connectivity index (χ4n) is 2.34. The maximum Gasteiger partial charge on any atom is 0.118 e. The minimum Gasteiger partial charge on any atom is -0.314 e. The zero-order chi connectivity index (χ0) is 12.2. The summed E-state index contributed by atoms with van der Waals surface area (Å²) in [5, 5.41) is 14.7. The highest BCUT2D eigenvalue weighted by molar-refractivity contribution is 7.99. The predicted molar refractivity (Wildman–Crippen MR) is 78.4 cm³/mol. The fraction of sp³-hybridized carbons (Fsp3) is 0.846. The molecular weight excluding hydrogens is 262 g/mol. The van der Waals surface area contributed by atoms with Crippen LogP contribution < -0.4 is 5.32 Å². The van der Waals surface area contributed by atoms with Gasteiger partial charge >= 0.3 is 0 Å². The molecule has 0 atom stereocenters. The van der Waals surface area contributed by atoms with Gasteiger partial charge in [-0.15, -0.1) is 21.5 Å². The van der Waals surface area contributed by atoms with Gasteiger partial charge in [0, 0.05) is 25.4 Å². The molecule has 0 unspecified atom stereocenters. The summed E-state index contributed by atoms with van der Waals surface area (Å²) < 4.78 is 0. The molecule has 1 N–H and O–H groups in total. The van der Waals surface area contributed by atoms with E-state index >= 15 is 0 Å².